The number of nitriles is 1. The monoisotopic (exact) mass is 231 g/mol. The molecule has 0 saturated heterocycles. The minimum Gasteiger partial charge on any atom is -0.482 e. The predicted octanol–water partition coefficient (Wildman–Crippen LogP) is 2.92. The van der Waals surface area contributed by atoms with Crippen LogP contribution < -0.4 is 4.74 Å². The van der Waals surface area contributed by atoms with Crippen molar-refractivity contribution in [1.29, 1.82) is 5.26 Å². The third kappa shape index (κ3) is 3.07. The molecule has 3 heteroatoms. The van der Waals surface area contributed by atoms with Crippen molar-refractivity contribution >= 4 is 5.78 Å². The van der Waals surface area contributed by atoms with Crippen molar-refractivity contribution in [3.05, 3.63) is 28.8 Å². The summed E-state index contributed by atoms with van der Waals surface area (Å²) in [5, 5.41) is 8.84. The zero-order valence-corrected chi connectivity index (χ0v) is 10.7. The summed E-state index contributed by atoms with van der Waals surface area (Å²) in [4.78, 5) is 11.5. The first-order valence-corrected chi connectivity index (χ1v) is 5.70. The summed E-state index contributed by atoms with van der Waals surface area (Å²) in [7, 11) is 0. The molecule has 0 bridgehead atoms. The Kier molecular flexibility index (Phi) is 4.28. The van der Waals surface area contributed by atoms with Crippen molar-refractivity contribution in [3.8, 4) is 11.8 Å². The molecule has 0 aliphatic carbocycles. The third-order valence-corrected chi connectivity index (χ3v) is 2.69. The number of benzene rings is 1. The Morgan fingerprint density at radius 3 is 2.35 bits per heavy atom. The number of carbonyl (C=O) groups excluding carboxylic acids is 1. The van der Waals surface area contributed by atoms with Gasteiger partial charge in [-0.3, -0.25) is 4.79 Å². The van der Waals surface area contributed by atoms with E-state index >= 15 is 0 Å². The summed E-state index contributed by atoms with van der Waals surface area (Å²) in [6.45, 7) is 7.34. The lowest BCUT2D eigenvalue weighted by molar-refractivity contribution is -0.124. The number of ketones is 1. The molecule has 0 saturated carbocycles. The maximum Gasteiger partial charge on any atom is 0.172 e. The van der Waals surface area contributed by atoms with E-state index in [1.165, 1.54) is 0 Å². The van der Waals surface area contributed by atoms with Gasteiger partial charge < -0.3 is 4.74 Å². The summed E-state index contributed by atoms with van der Waals surface area (Å²) in [6, 6.07) is 5.64. The molecule has 17 heavy (non-hydrogen) atoms. The molecule has 0 N–H and O–H groups in total. The Morgan fingerprint density at radius 2 is 1.94 bits per heavy atom. The Labute approximate surface area is 102 Å². The summed E-state index contributed by atoms with van der Waals surface area (Å²) >= 11 is 0. The van der Waals surface area contributed by atoms with Crippen molar-refractivity contribution in [3.63, 3.8) is 0 Å². The van der Waals surface area contributed by atoms with Gasteiger partial charge in [0.1, 0.15) is 5.75 Å². The van der Waals surface area contributed by atoms with Crippen LogP contribution in [-0.4, -0.2) is 11.9 Å². The standard InChI is InChI=1S/C14H17NO2/c1-5-13(16)11(4)17-14-9(2)6-12(8-15)7-10(14)3/h6-7,11H,5H2,1-4H3. The maximum atomic E-state index is 11.5. The highest BCUT2D eigenvalue weighted by molar-refractivity contribution is 5.82. The molecule has 0 radical (unpaired) electrons. The van der Waals surface area contributed by atoms with Gasteiger partial charge >= 0.3 is 0 Å². The first kappa shape index (κ1) is 13.2. The van der Waals surface area contributed by atoms with Gasteiger partial charge in [0, 0.05) is 6.42 Å². The average Bonchev–Trinajstić information content (AvgIpc) is 2.31. The fourth-order valence-electron chi connectivity index (χ4n) is 1.73. The molecule has 0 fully saturated rings. The van der Waals surface area contributed by atoms with Crippen LogP contribution in [0.15, 0.2) is 12.1 Å². The van der Waals surface area contributed by atoms with E-state index in [1.54, 1.807) is 19.1 Å². The number of ether oxygens (including phenoxy) is 1. The van der Waals surface area contributed by atoms with Crippen LogP contribution in [0.25, 0.3) is 0 Å². The molecule has 1 unspecified atom stereocenters. The van der Waals surface area contributed by atoms with E-state index in [0.29, 0.717) is 17.7 Å². The molecule has 1 aromatic rings. The highest BCUT2D eigenvalue weighted by Gasteiger charge is 2.15. The van der Waals surface area contributed by atoms with E-state index in [1.807, 2.05) is 20.8 Å². The number of rotatable bonds is 4. The lowest BCUT2D eigenvalue weighted by Gasteiger charge is -2.17. The molecule has 3 nitrogen and oxygen atoms in total. The fraction of sp³-hybridized carbons (Fsp3) is 0.429. The third-order valence-electron chi connectivity index (χ3n) is 2.69. The molecule has 0 spiro atoms. The Bertz CT molecular complexity index is 449. The molecule has 0 aromatic heterocycles. The van der Waals surface area contributed by atoms with E-state index < -0.39 is 6.10 Å². The fourth-order valence-corrected chi connectivity index (χ4v) is 1.73. The molecule has 1 aromatic carbocycles. The second-order valence-electron chi connectivity index (χ2n) is 4.13. The topological polar surface area (TPSA) is 50.1 Å². The van der Waals surface area contributed by atoms with Gasteiger partial charge in [0.25, 0.3) is 0 Å². The second-order valence-corrected chi connectivity index (χ2v) is 4.13. The number of carbonyl (C=O) groups is 1. The van der Waals surface area contributed by atoms with E-state index in [4.69, 9.17) is 10.00 Å². The van der Waals surface area contributed by atoms with Gasteiger partial charge in [0.2, 0.25) is 0 Å². The van der Waals surface area contributed by atoms with Crippen LogP contribution >= 0.6 is 0 Å². The molecule has 0 aliphatic rings. The van der Waals surface area contributed by atoms with Crippen LogP contribution in [0.5, 0.6) is 5.75 Å². The first-order chi connectivity index (χ1) is 7.99. The van der Waals surface area contributed by atoms with Crippen LogP contribution in [0.3, 0.4) is 0 Å². The lowest BCUT2D eigenvalue weighted by Crippen LogP contribution is -2.23. The van der Waals surface area contributed by atoms with Crippen molar-refractivity contribution in [2.24, 2.45) is 0 Å². The number of hydrogen-bond acceptors (Lipinski definition) is 3. The maximum absolute atomic E-state index is 11.5. The van der Waals surface area contributed by atoms with E-state index in [2.05, 4.69) is 6.07 Å². The predicted molar refractivity (Wildman–Crippen MR) is 66.0 cm³/mol. The van der Waals surface area contributed by atoms with Gasteiger partial charge in [0.15, 0.2) is 11.9 Å². The molecule has 1 rings (SSSR count). The van der Waals surface area contributed by atoms with Gasteiger partial charge in [0.05, 0.1) is 11.6 Å². The van der Waals surface area contributed by atoms with Crippen molar-refractivity contribution in [1.82, 2.24) is 0 Å². The van der Waals surface area contributed by atoms with E-state index in [-0.39, 0.29) is 5.78 Å². The minimum atomic E-state index is -0.440. The largest absolute Gasteiger partial charge is 0.482 e. The van der Waals surface area contributed by atoms with E-state index in [0.717, 1.165) is 11.1 Å². The molecule has 1 atom stereocenters. The van der Waals surface area contributed by atoms with Crippen LogP contribution in [0.2, 0.25) is 0 Å². The van der Waals surface area contributed by atoms with Crippen LogP contribution in [0.1, 0.15) is 37.0 Å². The quantitative estimate of drug-likeness (QED) is 0.800. The highest BCUT2D eigenvalue weighted by Crippen LogP contribution is 2.25. The summed E-state index contributed by atoms with van der Waals surface area (Å²) in [5.41, 5.74) is 2.39. The van der Waals surface area contributed by atoms with Crippen LogP contribution in [0.4, 0.5) is 0 Å². The Morgan fingerprint density at radius 1 is 1.41 bits per heavy atom. The summed E-state index contributed by atoms with van der Waals surface area (Å²) in [5.74, 6) is 0.784. The van der Waals surface area contributed by atoms with Crippen LogP contribution in [-0.2, 0) is 4.79 Å². The number of Topliss-reactive ketones (excluding diaryl/α,β-unsaturated/α-hetero) is 1. The van der Waals surface area contributed by atoms with Crippen molar-refractivity contribution in [2.75, 3.05) is 0 Å². The molecule has 0 aliphatic heterocycles. The first-order valence-electron chi connectivity index (χ1n) is 5.70. The molecule has 0 amide bonds. The average molecular weight is 231 g/mol. The molecular formula is C14H17NO2. The molecular weight excluding hydrogens is 214 g/mol. The van der Waals surface area contributed by atoms with Crippen molar-refractivity contribution < 1.29 is 9.53 Å². The van der Waals surface area contributed by atoms with Gasteiger partial charge in [-0.15, -0.1) is 0 Å². The minimum absolute atomic E-state index is 0.0770. The van der Waals surface area contributed by atoms with Crippen molar-refractivity contribution in [2.45, 2.75) is 40.2 Å². The number of hydrogen-bond donors (Lipinski definition) is 0. The van der Waals surface area contributed by atoms with Gasteiger partial charge in [-0.25, -0.2) is 0 Å². The van der Waals surface area contributed by atoms with Crippen LogP contribution in [0, 0.1) is 25.2 Å². The highest BCUT2D eigenvalue weighted by atomic mass is 16.5. The number of aryl methyl sites for hydroxylation is 2. The Hall–Kier alpha value is -1.82. The normalized spacial score (nSPS) is 11.7. The SMILES string of the molecule is CCC(=O)C(C)Oc1c(C)cc(C#N)cc1C. The summed E-state index contributed by atoms with van der Waals surface area (Å²) in [6.07, 6.45) is 0.0283. The lowest BCUT2D eigenvalue weighted by atomic mass is 10.1. The van der Waals surface area contributed by atoms with Gasteiger partial charge in [-0.1, -0.05) is 6.92 Å². The van der Waals surface area contributed by atoms with Gasteiger partial charge in [-0.05, 0) is 44.0 Å². The Balaban J connectivity index is 3.00. The molecule has 0 heterocycles. The summed E-state index contributed by atoms with van der Waals surface area (Å²) < 4.78 is 5.67. The van der Waals surface area contributed by atoms with E-state index in [9.17, 15) is 4.79 Å². The second kappa shape index (κ2) is 5.49. The zero-order chi connectivity index (χ0) is 13.0. The molecule has 90 valence electrons. The zero-order valence-electron chi connectivity index (χ0n) is 10.7. The smallest absolute Gasteiger partial charge is 0.172 e. The van der Waals surface area contributed by atoms with Gasteiger partial charge in [-0.2, -0.15) is 5.26 Å². The number of nitrogens with zero attached hydrogens (tertiary/aromatic N) is 1.